The van der Waals surface area contributed by atoms with Crippen molar-refractivity contribution in [3.63, 3.8) is 0 Å². The Morgan fingerprint density at radius 3 is 2.50 bits per heavy atom. The van der Waals surface area contributed by atoms with Gasteiger partial charge < -0.3 is 9.73 Å². The smallest absolute Gasteiger partial charge is 0.440 e. The van der Waals surface area contributed by atoms with Crippen molar-refractivity contribution >= 4 is 17.8 Å². The number of carbonyl (C=O) groups is 3. The molecule has 0 unspecified atom stereocenters. The zero-order chi connectivity index (χ0) is 15.1. The first-order valence-corrected chi connectivity index (χ1v) is 5.22. The van der Waals surface area contributed by atoms with Gasteiger partial charge in [-0.1, -0.05) is 0 Å². The molecule has 0 bridgehead atoms. The predicted octanol–water partition coefficient (Wildman–Crippen LogP) is 0.450. The minimum Gasteiger partial charge on any atom is -0.459 e. The van der Waals surface area contributed by atoms with Gasteiger partial charge in [-0.3, -0.25) is 19.8 Å². The van der Waals surface area contributed by atoms with Crippen molar-refractivity contribution in [2.75, 3.05) is 7.05 Å². The fourth-order valence-corrected chi connectivity index (χ4v) is 1.63. The molecule has 1 fully saturated rings. The Morgan fingerprint density at radius 1 is 1.45 bits per heavy atom. The number of imide groups is 1. The summed E-state index contributed by atoms with van der Waals surface area (Å²) in [5.74, 6) is -3.34. The molecule has 1 saturated heterocycles. The summed E-state index contributed by atoms with van der Waals surface area (Å²) in [7, 11) is 0.865. The molecule has 1 atom stereocenters. The zero-order valence-corrected chi connectivity index (χ0v) is 9.95. The summed E-state index contributed by atoms with van der Waals surface area (Å²) in [4.78, 5) is 34.8. The van der Waals surface area contributed by atoms with Crippen molar-refractivity contribution in [2.45, 2.75) is 11.8 Å². The van der Waals surface area contributed by atoms with Gasteiger partial charge in [0.1, 0.15) is 0 Å². The van der Waals surface area contributed by atoms with Crippen LogP contribution in [0.2, 0.25) is 0 Å². The monoisotopic (exact) mass is 291 g/mol. The molecule has 10 heteroatoms. The molecule has 20 heavy (non-hydrogen) atoms. The first-order chi connectivity index (χ1) is 9.19. The Bertz CT molecular complexity index is 569. The van der Waals surface area contributed by atoms with E-state index in [-0.39, 0.29) is 4.90 Å². The highest BCUT2D eigenvalue weighted by Crippen LogP contribution is 2.33. The summed E-state index contributed by atoms with van der Waals surface area (Å²) in [5.41, 5.74) is -3.50. The van der Waals surface area contributed by atoms with Crippen molar-refractivity contribution in [1.29, 1.82) is 0 Å². The number of likely N-dealkylation sites (N-methyl/N-ethyl adjacent to an activating group) is 1. The minimum absolute atomic E-state index is 0.232. The van der Waals surface area contributed by atoms with Crippen molar-refractivity contribution in [1.82, 2.24) is 15.5 Å². The average molecular weight is 291 g/mol. The molecular formula is C10H8F3N3O4. The van der Waals surface area contributed by atoms with E-state index in [0.717, 1.165) is 19.4 Å². The summed E-state index contributed by atoms with van der Waals surface area (Å²) in [6.45, 7) is 0. The van der Waals surface area contributed by atoms with E-state index in [2.05, 4.69) is 4.42 Å². The molecule has 4 amide bonds. The highest BCUT2D eigenvalue weighted by atomic mass is 19.4. The first-order valence-electron chi connectivity index (χ1n) is 5.22. The van der Waals surface area contributed by atoms with E-state index >= 15 is 0 Å². The number of hydrogen-bond acceptors (Lipinski definition) is 4. The number of urea groups is 1. The molecule has 0 aromatic carbocycles. The molecule has 1 aromatic heterocycles. The molecular weight excluding hydrogens is 283 g/mol. The Morgan fingerprint density at radius 2 is 2.10 bits per heavy atom. The van der Waals surface area contributed by atoms with Gasteiger partial charge in [0.15, 0.2) is 5.76 Å². The van der Waals surface area contributed by atoms with Gasteiger partial charge >= 0.3 is 12.2 Å². The second-order valence-corrected chi connectivity index (χ2v) is 3.97. The average Bonchev–Trinajstić information content (AvgIpc) is 2.93. The summed E-state index contributed by atoms with van der Waals surface area (Å²) < 4.78 is 44.0. The van der Waals surface area contributed by atoms with Crippen LogP contribution in [-0.4, -0.2) is 41.6 Å². The van der Waals surface area contributed by atoms with E-state index in [0.29, 0.717) is 0 Å². The molecule has 0 radical (unpaired) electrons. The Labute approximate surface area is 109 Å². The maximum atomic E-state index is 13.1. The molecule has 2 N–H and O–H groups in total. The number of amides is 4. The highest BCUT2D eigenvalue weighted by molar-refractivity contribution is 6.09. The second-order valence-electron chi connectivity index (χ2n) is 3.97. The SMILES string of the molecule is CN1C(=O)N[C@](NC(=O)c2ccco2)(C(F)(F)F)C1=O. The lowest BCUT2D eigenvalue weighted by atomic mass is 10.1. The van der Waals surface area contributed by atoms with Gasteiger partial charge in [-0.15, -0.1) is 0 Å². The van der Waals surface area contributed by atoms with Gasteiger partial charge in [0.05, 0.1) is 6.26 Å². The van der Waals surface area contributed by atoms with Crippen LogP contribution in [0.1, 0.15) is 10.6 Å². The summed E-state index contributed by atoms with van der Waals surface area (Å²) >= 11 is 0. The third-order valence-electron chi connectivity index (χ3n) is 2.70. The lowest BCUT2D eigenvalue weighted by Crippen LogP contribution is -2.69. The van der Waals surface area contributed by atoms with E-state index < -0.39 is 35.4 Å². The third kappa shape index (κ3) is 1.89. The van der Waals surface area contributed by atoms with Crippen molar-refractivity contribution in [3.8, 4) is 0 Å². The largest absolute Gasteiger partial charge is 0.459 e. The zero-order valence-electron chi connectivity index (χ0n) is 9.95. The van der Waals surface area contributed by atoms with Crippen LogP contribution < -0.4 is 10.6 Å². The number of nitrogens with one attached hydrogen (secondary N) is 2. The van der Waals surface area contributed by atoms with Gasteiger partial charge in [-0.25, -0.2) is 4.79 Å². The maximum absolute atomic E-state index is 13.1. The van der Waals surface area contributed by atoms with Crippen molar-refractivity contribution in [3.05, 3.63) is 24.2 Å². The summed E-state index contributed by atoms with van der Waals surface area (Å²) in [5, 5.41) is 2.90. The lowest BCUT2D eigenvalue weighted by Gasteiger charge is -2.29. The van der Waals surface area contributed by atoms with Gasteiger partial charge in [-0.2, -0.15) is 13.2 Å². The fourth-order valence-electron chi connectivity index (χ4n) is 1.63. The van der Waals surface area contributed by atoms with E-state index in [9.17, 15) is 27.6 Å². The minimum atomic E-state index is -5.22. The number of nitrogens with zero attached hydrogens (tertiary/aromatic N) is 1. The van der Waals surface area contributed by atoms with E-state index in [1.807, 2.05) is 0 Å². The molecule has 7 nitrogen and oxygen atoms in total. The number of rotatable bonds is 2. The topological polar surface area (TPSA) is 91.7 Å². The van der Waals surface area contributed by atoms with Crippen molar-refractivity contribution < 1.29 is 32.0 Å². The lowest BCUT2D eigenvalue weighted by molar-refractivity contribution is -0.200. The molecule has 1 aliphatic heterocycles. The summed E-state index contributed by atoms with van der Waals surface area (Å²) in [6.07, 6.45) is -4.14. The highest BCUT2D eigenvalue weighted by Gasteiger charge is 2.68. The Hall–Kier alpha value is -2.52. The second kappa shape index (κ2) is 4.25. The first kappa shape index (κ1) is 13.9. The van der Waals surface area contributed by atoms with E-state index in [1.165, 1.54) is 16.7 Å². The van der Waals surface area contributed by atoms with E-state index in [4.69, 9.17) is 0 Å². The van der Waals surface area contributed by atoms with Crippen LogP contribution in [0.4, 0.5) is 18.0 Å². The van der Waals surface area contributed by atoms with E-state index in [1.54, 1.807) is 0 Å². The van der Waals surface area contributed by atoms with Crippen LogP contribution in [0.25, 0.3) is 0 Å². The van der Waals surface area contributed by atoms with Gasteiger partial charge in [-0.05, 0) is 12.1 Å². The van der Waals surface area contributed by atoms with Crippen LogP contribution in [-0.2, 0) is 4.79 Å². The molecule has 2 heterocycles. The Balaban J connectivity index is 2.38. The number of furan rings is 1. The van der Waals surface area contributed by atoms with Crippen LogP contribution in [0.5, 0.6) is 0 Å². The van der Waals surface area contributed by atoms with Crippen LogP contribution in [0.15, 0.2) is 22.8 Å². The van der Waals surface area contributed by atoms with Crippen molar-refractivity contribution in [2.24, 2.45) is 0 Å². The fraction of sp³-hybridized carbons (Fsp3) is 0.300. The molecule has 2 rings (SSSR count). The number of carbonyl (C=O) groups excluding carboxylic acids is 3. The molecule has 0 aliphatic carbocycles. The molecule has 0 spiro atoms. The molecule has 1 aromatic rings. The van der Waals surface area contributed by atoms with Gasteiger partial charge in [0.2, 0.25) is 0 Å². The molecule has 0 saturated carbocycles. The predicted molar refractivity (Wildman–Crippen MR) is 56.3 cm³/mol. The normalized spacial score (nSPS) is 22.9. The number of alkyl halides is 3. The van der Waals surface area contributed by atoms with Crippen LogP contribution in [0.3, 0.4) is 0 Å². The van der Waals surface area contributed by atoms with Gasteiger partial charge in [0.25, 0.3) is 17.5 Å². The standard InChI is InChI=1S/C10H8F3N3O4/c1-16-7(18)9(10(11,12)13,15-8(16)19)14-6(17)5-3-2-4-20-5/h2-4H,1H3,(H,14,17)(H,15,19)/t9-/m0/s1. The summed E-state index contributed by atoms with van der Waals surface area (Å²) in [6, 6.07) is 1.13. The third-order valence-corrected chi connectivity index (χ3v) is 2.70. The molecule has 108 valence electrons. The van der Waals surface area contributed by atoms with Gasteiger partial charge in [0, 0.05) is 7.05 Å². The number of halogens is 3. The quantitative estimate of drug-likeness (QED) is 0.774. The van der Waals surface area contributed by atoms with Crippen LogP contribution in [0, 0.1) is 0 Å². The van der Waals surface area contributed by atoms with Crippen LogP contribution >= 0.6 is 0 Å². The maximum Gasteiger partial charge on any atom is 0.440 e. The Kier molecular flexibility index (Phi) is 2.95. The molecule has 1 aliphatic rings. The number of hydrogen-bond donors (Lipinski definition) is 2.